The topological polar surface area (TPSA) is 98.8 Å². The molecule has 2 fully saturated rings. The molecular weight excluding hydrogens is 655 g/mol. The second kappa shape index (κ2) is 15.0. The number of sulfonamides is 1. The Balaban J connectivity index is 1.13. The van der Waals surface area contributed by atoms with Gasteiger partial charge in [-0.1, -0.05) is 72.1 Å². The molecule has 1 aliphatic carbocycles. The van der Waals surface area contributed by atoms with Crippen molar-refractivity contribution in [3.8, 4) is 0 Å². The Morgan fingerprint density at radius 2 is 1.60 bits per heavy atom. The van der Waals surface area contributed by atoms with E-state index >= 15 is 0 Å². The number of nitrogens with one attached hydrogen (secondary N) is 2. The highest BCUT2D eigenvalue weighted by atomic mass is 35.5. The first-order valence-corrected chi connectivity index (χ1v) is 18.9. The van der Waals surface area contributed by atoms with Crippen LogP contribution in [0.3, 0.4) is 0 Å². The van der Waals surface area contributed by atoms with Gasteiger partial charge < -0.3 is 15.5 Å². The molecule has 250 valence electrons. The summed E-state index contributed by atoms with van der Waals surface area (Å²) in [5.74, 6) is -0.342. The zero-order valence-corrected chi connectivity index (χ0v) is 28.7. The van der Waals surface area contributed by atoms with Crippen LogP contribution < -0.4 is 14.9 Å². The van der Waals surface area contributed by atoms with E-state index in [9.17, 15) is 18.0 Å². The van der Waals surface area contributed by atoms with Crippen molar-refractivity contribution in [2.75, 3.05) is 22.7 Å². The molecule has 3 aromatic carbocycles. The van der Waals surface area contributed by atoms with Crippen molar-refractivity contribution >= 4 is 56.4 Å². The maximum Gasteiger partial charge on any atom is 0.265 e. The zero-order valence-electron chi connectivity index (χ0n) is 26.4. The molecule has 1 saturated carbocycles. The van der Waals surface area contributed by atoms with Crippen LogP contribution >= 0.6 is 23.2 Å². The molecule has 6 rings (SSSR count). The molecule has 2 heterocycles. The summed E-state index contributed by atoms with van der Waals surface area (Å²) in [4.78, 5) is 29.5. The molecule has 2 N–H and O–H groups in total. The fourth-order valence-corrected chi connectivity index (χ4v) is 9.54. The van der Waals surface area contributed by atoms with Gasteiger partial charge in [0.15, 0.2) is 0 Å². The van der Waals surface area contributed by atoms with Gasteiger partial charge in [-0.05, 0) is 106 Å². The van der Waals surface area contributed by atoms with E-state index in [1.165, 1.54) is 43.0 Å². The zero-order chi connectivity index (χ0) is 33.0. The fourth-order valence-electron chi connectivity index (χ4n) is 7.52. The van der Waals surface area contributed by atoms with Crippen LogP contribution in [0.25, 0.3) is 0 Å². The number of para-hydroxylation sites is 2. The number of aryl methyl sites for hydroxylation is 1. The van der Waals surface area contributed by atoms with E-state index in [-0.39, 0.29) is 39.0 Å². The normalized spacial score (nSPS) is 22.6. The molecular formula is C36H42Cl2N4O4S. The number of benzene rings is 3. The Kier molecular flexibility index (Phi) is 10.8. The quantitative estimate of drug-likeness (QED) is 0.237. The molecule has 1 saturated heterocycles. The number of likely N-dealkylation sites (tertiary alicyclic amines) is 1. The van der Waals surface area contributed by atoms with Crippen molar-refractivity contribution in [1.82, 2.24) is 10.2 Å². The number of carbonyl (C=O) groups excluding carboxylic acids is 2. The second-order valence-electron chi connectivity index (χ2n) is 13.0. The smallest absolute Gasteiger partial charge is 0.265 e. The van der Waals surface area contributed by atoms with Gasteiger partial charge in [-0.2, -0.15) is 0 Å². The first-order chi connectivity index (χ1) is 22.7. The highest BCUT2D eigenvalue weighted by Gasteiger charge is 2.42. The third kappa shape index (κ3) is 7.80. The molecule has 47 heavy (non-hydrogen) atoms. The Bertz CT molecular complexity index is 1680. The van der Waals surface area contributed by atoms with Gasteiger partial charge in [0, 0.05) is 12.1 Å². The molecule has 2 amide bonds. The lowest BCUT2D eigenvalue weighted by Crippen LogP contribution is -2.53. The summed E-state index contributed by atoms with van der Waals surface area (Å²) >= 11 is 12.2. The summed E-state index contributed by atoms with van der Waals surface area (Å²) in [5, 5.41) is 6.23. The van der Waals surface area contributed by atoms with E-state index < -0.39 is 22.0 Å². The van der Waals surface area contributed by atoms with Crippen LogP contribution in [0.15, 0.2) is 77.7 Å². The van der Waals surface area contributed by atoms with Gasteiger partial charge in [-0.3, -0.25) is 13.9 Å². The molecule has 0 aromatic heterocycles. The van der Waals surface area contributed by atoms with Crippen molar-refractivity contribution in [2.45, 2.75) is 87.2 Å². The molecule has 0 radical (unpaired) electrons. The molecule has 2 aliphatic heterocycles. The molecule has 11 heteroatoms. The van der Waals surface area contributed by atoms with Crippen LogP contribution in [0.5, 0.6) is 0 Å². The minimum Gasteiger partial charge on any atom is -0.353 e. The Hall–Kier alpha value is -3.11. The number of carbonyl (C=O) groups is 2. The van der Waals surface area contributed by atoms with Gasteiger partial charge in [0.25, 0.3) is 10.0 Å². The second-order valence-corrected chi connectivity index (χ2v) is 15.6. The van der Waals surface area contributed by atoms with E-state index in [1.54, 1.807) is 24.3 Å². The molecule has 0 spiro atoms. The van der Waals surface area contributed by atoms with Crippen molar-refractivity contribution in [2.24, 2.45) is 5.92 Å². The summed E-state index contributed by atoms with van der Waals surface area (Å²) in [5.41, 5.74) is 2.02. The minimum atomic E-state index is -4.28. The Morgan fingerprint density at radius 3 is 2.32 bits per heavy atom. The molecule has 0 bridgehead atoms. The van der Waals surface area contributed by atoms with E-state index in [1.807, 2.05) is 0 Å². The number of hydrogen-bond donors (Lipinski definition) is 2. The van der Waals surface area contributed by atoms with Crippen molar-refractivity contribution in [3.05, 3.63) is 88.4 Å². The summed E-state index contributed by atoms with van der Waals surface area (Å²) in [6, 6.07) is 20.6. The average molecular weight is 698 g/mol. The SMILES string of the molecule is O=C(CC1C(=O)Nc2ccccc2N1S(=O)(=O)c1ccc(Cl)c(Cl)c1)NC1CCC(C(CCc2ccccc2)N2CCCCC2)CC1. The summed E-state index contributed by atoms with van der Waals surface area (Å²) in [6.45, 7) is 2.31. The van der Waals surface area contributed by atoms with E-state index in [0.717, 1.165) is 55.9 Å². The number of fused-ring (bicyclic) bond motifs is 1. The third-order valence-electron chi connectivity index (χ3n) is 9.92. The van der Waals surface area contributed by atoms with E-state index in [2.05, 4.69) is 45.9 Å². The van der Waals surface area contributed by atoms with E-state index in [4.69, 9.17) is 23.2 Å². The molecule has 3 aliphatic rings. The molecule has 2 atom stereocenters. The minimum absolute atomic E-state index is 0.0195. The van der Waals surface area contributed by atoms with Gasteiger partial charge >= 0.3 is 0 Å². The Morgan fingerprint density at radius 1 is 0.894 bits per heavy atom. The van der Waals surface area contributed by atoms with Crippen LogP contribution in [0.4, 0.5) is 11.4 Å². The van der Waals surface area contributed by atoms with Gasteiger partial charge in [-0.25, -0.2) is 8.42 Å². The van der Waals surface area contributed by atoms with Gasteiger partial charge in [0.05, 0.1) is 32.7 Å². The number of amides is 2. The number of piperidine rings is 1. The number of nitrogens with zero attached hydrogens (tertiary/aromatic N) is 2. The number of rotatable bonds is 10. The number of anilines is 2. The lowest BCUT2D eigenvalue weighted by Gasteiger charge is -2.42. The lowest BCUT2D eigenvalue weighted by atomic mass is 9.78. The number of halogens is 2. The largest absolute Gasteiger partial charge is 0.353 e. The van der Waals surface area contributed by atoms with Gasteiger partial charge in [-0.15, -0.1) is 0 Å². The van der Waals surface area contributed by atoms with Crippen LogP contribution in [-0.2, 0) is 26.0 Å². The van der Waals surface area contributed by atoms with Crippen molar-refractivity contribution in [3.63, 3.8) is 0 Å². The summed E-state index contributed by atoms with van der Waals surface area (Å²) < 4.78 is 29.1. The maximum absolute atomic E-state index is 14.0. The highest BCUT2D eigenvalue weighted by molar-refractivity contribution is 7.93. The first kappa shape index (κ1) is 33.8. The van der Waals surface area contributed by atoms with Crippen LogP contribution in [0.2, 0.25) is 10.0 Å². The standard InChI is InChI=1S/C36H42Cl2N4O4S/c37-29-19-18-28(23-30(29)38)47(45,46)42-33-12-6-5-11-31(33)40-36(44)34(42)24-35(43)39-27-16-14-26(15-17-27)32(41-21-7-2-8-22-41)20-13-25-9-3-1-4-10-25/h1,3-6,9-12,18-19,23,26-27,32,34H,2,7-8,13-17,20-22,24H2,(H,39,43)(H,40,44). The van der Waals surface area contributed by atoms with Crippen LogP contribution in [0, 0.1) is 5.92 Å². The first-order valence-electron chi connectivity index (χ1n) is 16.7. The summed E-state index contributed by atoms with van der Waals surface area (Å²) in [7, 11) is -4.28. The maximum atomic E-state index is 14.0. The molecule has 3 aromatic rings. The highest BCUT2D eigenvalue weighted by Crippen LogP contribution is 2.39. The summed E-state index contributed by atoms with van der Waals surface area (Å²) in [6.07, 6.45) is 9.46. The average Bonchev–Trinajstić information content (AvgIpc) is 3.08. The lowest BCUT2D eigenvalue weighted by molar-refractivity contribution is -0.126. The predicted octanol–water partition coefficient (Wildman–Crippen LogP) is 7.06. The molecule has 8 nitrogen and oxygen atoms in total. The van der Waals surface area contributed by atoms with Crippen LogP contribution in [0.1, 0.15) is 63.4 Å². The molecule has 2 unspecified atom stereocenters. The Labute approximate surface area is 287 Å². The van der Waals surface area contributed by atoms with Crippen molar-refractivity contribution < 1.29 is 18.0 Å². The van der Waals surface area contributed by atoms with Crippen molar-refractivity contribution in [1.29, 1.82) is 0 Å². The monoisotopic (exact) mass is 696 g/mol. The van der Waals surface area contributed by atoms with Gasteiger partial charge in [0.2, 0.25) is 11.8 Å². The van der Waals surface area contributed by atoms with Gasteiger partial charge in [0.1, 0.15) is 6.04 Å². The third-order valence-corrected chi connectivity index (χ3v) is 12.5. The predicted molar refractivity (Wildman–Crippen MR) is 187 cm³/mol. The van der Waals surface area contributed by atoms with E-state index in [0.29, 0.717) is 17.6 Å². The fraction of sp³-hybridized carbons (Fsp3) is 0.444. The van der Waals surface area contributed by atoms with Crippen LogP contribution in [-0.4, -0.2) is 56.3 Å². The number of hydrogen-bond acceptors (Lipinski definition) is 5.